The molecule has 0 spiro atoms. The number of aryl methyl sites for hydroxylation is 2. The highest BCUT2D eigenvalue weighted by molar-refractivity contribution is 6.30. The Bertz CT molecular complexity index is 548. The molecule has 0 N–H and O–H groups in total. The Hall–Kier alpha value is -1.35. The lowest BCUT2D eigenvalue weighted by atomic mass is 10.2. The standard InChI is InChI=1S/C12H11ClN2O/c1-7-5-6-10(16-7)12-14-9-4-2-3-8(9)11(13)15-12/h5-6H,2-4H2,1H3. The number of fused-ring (bicyclic) bond motifs is 1. The molecule has 4 heteroatoms. The van der Waals surface area contributed by atoms with E-state index in [9.17, 15) is 0 Å². The fourth-order valence-electron chi connectivity index (χ4n) is 2.05. The van der Waals surface area contributed by atoms with Crippen LogP contribution in [0.15, 0.2) is 16.5 Å². The van der Waals surface area contributed by atoms with Crippen LogP contribution in [0.25, 0.3) is 11.6 Å². The lowest BCUT2D eigenvalue weighted by molar-refractivity contribution is 0.543. The second kappa shape index (κ2) is 3.59. The number of halogens is 1. The van der Waals surface area contributed by atoms with Crippen molar-refractivity contribution in [3.63, 3.8) is 0 Å². The van der Waals surface area contributed by atoms with Gasteiger partial charge in [-0.2, -0.15) is 0 Å². The molecule has 2 heterocycles. The first kappa shape index (κ1) is 9.85. The van der Waals surface area contributed by atoms with Crippen LogP contribution >= 0.6 is 11.6 Å². The molecule has 0 atom stereocenters. The Labute approximate surface area is 98.5 Å². The summed E-state index contributed by atoms with van der Waals surface area (Å²) < 4.78 is 5.50. The SMILES string of the molecule is Cc1ccc(-c2nc(Cl)c3c(n2)CCC3)o1. The summed E-state index contributed by atoms with van der Waals surface area (Å²) in [6, 6.07) is 3.78. The van der Waals surface area contributed by atoms with Gasteiger partial charge < -0.3 is 4.42 Å². The van der Waals surface area contributed by atoms with Gasteiger partial charge in [-0.3, -0.25) is 0 Å². The minimum atomic E-state index is 0.576. The second-order valence-corrected chi connectivity index (χ2v) is 4.39. The summed E-state index contributed by atoms with van der Waals surface area (Å²) in [6.07, 6.45) is 3.10. The fourth-order valence-corrected chi connectivity index (χ4v) is 2.34. The number of furan rings is 1. The van der Waals surface area contributed by atoms with Crippen molar-refractivity contribution >= 4 is 11.6 Å². The summed E-state index contributed by atoms with van der Waals surface area (Å²) in [6.45, 7) is 1.90. The monoisotopic (exact) mass is 234 g/mol. The van der Waals surface area contributed by atoms with Crippen LogP contribution in [0, 0.1) is 6.92 Å². The molecule has 0 saturated carbocycles. The third kappa shape index (κ3) is 1.52. The van der Waals surface area contributed by atoms with Gasteiger partial charge in [0.05, 0.1) is 0 Å². The molecule has 2 aromatic heterocycles. The van der Waals surface area contributed by atoms with Crippen molar-refractivity contribution in [3.05, 3.63) is 34.3 Å². The van der Waals surface area contributed by atoms with E-state index in [1.807, 2.05) is 19.1 Å². The zero-order valence-corrected chi connectivity index (χ0v) is 9.71. The van der Waals surface area contributed by atoms with Crippen molar-refractivity contribution in [2.45, 2.75) is 26.2 Å². The summed E-state index contributed by atoms with van der Waals surface area (Å²) in [4.78, 5) is 8.80. The Balaban J connectivity index is 2.12. The van der Waals surface area contributed by atoms with Gasteiger partial charge in [0.2, 0.25) is 0 Å². The van der Waals surface area contributed by atoms with Gasteiger partial charge >= 0.3 is 0 Å². The lowest BCUT2D eigenvalue weighted by Gasteiger charge is -2.03. The third-order valence-corrected chi connectivity index (χ3v) is 3.16. The van der Waals surface area contributed by atoms with Gasteiger partial charge in [0.15, 0.2) is 11.6 Å². The normalized spacial score (nSPS) is 14.1. The van der Waals surface area contributed by atoms with Crippen LogP contribution in [0.4, 0.5) is 0 Å². The van der Waals surface area contributed by atoms with Gasteiger partial charge in [0.25, 0.3) is 0 Å². The van der Waals surface area contributed by atoms with Crippen molar-refractivity contribution in [2.75, 3.05) is 0 Å². The molecule has 0 aromatic carbocycles. The number of rotatable bonds is 1. The van der Waals surface area contributed by atoms with Crippen molar-refractivity contribution in [1.82, 2.24) is 9.97 Å². The van der Waals surface area contributed by atoms with Gasteiger partial charge in [-0.1, -0.05) is 11.6 Å². The molecular formula is C12H11ClN2O. The molecule has 16 heavy (non-hydrogen) atoms. The Morgan fingerprint density at radius 1 is 1.25 bits per heavy atom. The van der Waals surface area contributed by atoms with Crippen LogP contribution < -0.4 is 0 Å². The van der Waals surface area contributed by atoms with Gasteiger partial charge in [-0.25, -0.2) is 9.97 Å². The first-order valence-electron chi connectivity index (χ1n) is 5.36. The summed E-state index contributed by atoms with van der Waals surface area (Å²) in [7, 11) is 0. The minimum Gasteiger partial charge on any atom is -0.458 e. The van der Waals surface area contributed by atoms with Crippen LogP contribution in [0.2, 0.25) is 5.15 Å². The van der Waals surface area contributed by atoms with Crippen LogP contribution in [0.3, 0.4) is 0 Å². The van der Waals surface area contributed by atoms with E-state index in [1.165, 1.54) is 0 Å². The van der Waals surface area contributed by atoms with E-state index in [4.69, 9.17) is 16.0 Å². The van der Waals surface area contributed by atoms with Crippen LogP contribution in [-0.2, 0) is 12.8 Å². The highest BCUT2D eigenvalue weighted by Crippen LogP contribution is 2.29. The summed E-state index contributed by atoms with van der Waals surface area (Å²) in [5.41, 5.74) is 2.18. The fraction of sp³-hybridized carbons (Fsp3) is 0.333. The molecule has 0 radical (unpaired) electrons. The number of hydrogen-bond acceptors (Lipinski definition) is 3. The molecule has 3 nitrogen and oxygen atoms in total. The first-order valence-corrected chi connectivity index (χ1v) is 5.74. The zero-order valence-electron chi connectivity index (χ0n) is 8.96. The van der Waals surface area contributed by atoms with Crippen molar-refractivity contribution < 1.29 is 4.42 Å². The second-order valence-electron chi connectivity index (χ2n) is 4.03. The maximum absolute atomic E-state index is 6.14. The Morgan fingerprint density at radius 3 is 2.88 bits per heavy atom. The van der Waals surface area contributed by atoms with E-state index in [0.29, 0.717) is 16.7 Å². The first-order chi connectivity index (χ1) is 7.74. The molecule has 1 aliphatic rings. The van der Waals surface area contributed by atoms with Gasteiger partial charge in [-0.15, -0.1) is 0 Å². The van der Waals surface area contributed by atoms with E-state index in [-0.39, 0.29) is 0 Å². The maximum Gasteiger partial charge on any atom is 0.197 e. The molecule has 3 rings (SSSR count). The van der Waals surface area contributed by atoms with E-state index in [2.05, 4.69) is 9.97 Å². The highest BCUT2D eigenvalue weighted by atomic mass is 35.5. The topological polar surface area (TPSA) is 38.9 Å². The third-order valence-electron chi connectivity index (χ3n) is 2.84. The lowest BCUT2D eigenvalue weighted by Crippen LogP contribution is -1.96. The average Bonchev–Trinajstić information content (AvgIpc) is 2.85. The summed E-state index contributed by atoms with van der Waals surface area (Å²) in [5.74, 6) is 2.14. The molecule has 0 amide bonds. The van der Waals surface area contributed by atoms with E-state index < -0.39 is 0 Å². The quantitative estimate of drug-likeness (QED) is 0.712. The van der Waals surface area contributed by atoms with Crippen molar-refractivity contribution in [1.29, 1.82) is 0 Å². The molecule has 0 fully saturated rings. The number of hydrogen-bond donors (Lipinski definition) is 0. The number of nitrogens with zero attached hydrogens (tertiary/aromatic N) is 2. The summed E-state index contributed by atoms with van der Waals surface area (Å²) in [5, 5.41) is 0.576. The molecular weight excluding hydrogens is 224 g/mol. The largest absolute Gasteiger partial charge is 0.458 e. The van der Waals surface area contributed by atoms with Crippen LogP contribution in [-0.4, -0.2) is 9.97 Å². The van der Waals surface area contributed by atoms with Crippen LogP contribution in [0.5, 0.6) is 0 Å². The smallest absolute Gasteiger partial charge is 0.197 e. The Morgan fingerprint density at radius 2 is 2.12 bits per heavy atom. The van der Waals surface area contributed by atoms with E-state index >= 15 is 0 Å². The minimum absolute atomic E-state index is 0.576. The van der Waals surface area contributed by atoms with E-state index in [1.54, 1.807) is 0 Å². The molecule has 0 saturated heterocycles. The molecule has 0 aliphatic heterocycles. The Kier molecular flexibility index (Phi) is 2.21. The van der Waals surface area contributed by atoms with Crippen LogP contribution in [0.1, 0.15) is 23.4 Å². The average molecular weight is 235 g/mol. The number of aromatic nitrogens is 2. The van der Waals surface area contributed by atoms with E-state index in [0.717, 1.165) is 36.3 Å². The predicted molar refractivity (Wildman–Crippen MR) is 61.5 cm³/mol. The summed E-state index contributed by atoms with van der Waals surface area (Å²) >= 11 is 6.14. The van der Waals surface area contributed by atoms with Crippen molar-refractivity contribution in [2.24, 2.45) is 0 Å². The molecule has 82 valence electrons. The molecule has 0 bridgehead atoms. The van der Waals surface area contributed by atoms with Crippen molar-refractivity contribution in [3.8, 4) is 11.6 Å². The predicted octanol–water partition coefficient (Wildman–Crippen LogP) is 3.19. The zero-order chi connectivity index (χ0) is 11.1. The molecule has 0 unspecified atom stereocenters. The van der Waals surface area contributed by atoms with Gasteiger partial charge in [-0.05, 0) is 38.3 Å². The molecule has 2 aromatic rings. The van der Waals surface area contributed by atoms with Gasteiger partial charge in [0.1, 0.15) is 10.9 Å². The maximum atomic E-state index is 6.14. The van der Waals surface area contributed by atoms with Gasteiger partial charge in [0, 0.05) is 11.3 Å². The molecule has 1 aliphatic carbocycles. The highest BCUT2D eigenvalue weighted by Gasteiger charge is 2.19.